The number of carbonyl (C=O) groups is 1. The molecule has 0 radical (unpaired) electrons. The number of carboxylic acid groups (broad SMARTS) is 1. The highest BCUT2D eigenvalue weighted by atomic mass is 28.4. The maximum Gasteiger partial charge on any atom is 0.511 e. The Balaban J connectivity index is 3.06. The molecule has 0 bridgehead atoms. The molecule has 24 heavy (non-hydrogen) atoms. The molecule has 0 unspecified atom stereocenters. The van der Waals surface area contributed by atoms with Gasteiger partial charge in [0.1, 0.15) is 5.75 Å². The molecule has 1 rings (SSSR count). The number of hydrogen-bond donors (Lipinski definition) is 1. The van der Waals surface area contributed by atoms with E-state index in [-0.39, 0.29) is 22.4 Å². The zero-order valence-corrected chi connectivity index (χ0v) is 16.0. The molecule has 134 valence electrons. The van der Waals surface area contributed by atoms with Crippen molar-refractivity contribution in [3.63, 3.8) is 0 Å². The smallest absolute Gasteiger partial charge is 0.449 e. The van der Waals surface area contributed by atoms with Crippen molar-refractivity contribution < 1.29 is 24.0 Å². The van der Waals surface area contributed by atoms with Gasteiger partial charge in [0, 0.05) is 30.2 Å². The second-order valence-electron chi connectivity index (χ2n) is 7.32. The van der Waals surface area contributed by atoms with Gasteiger partial charge in [-0.3, -0.25) is 10.1 Å². The van der Waals surface area contributed by atoms with Gasteiger partial charge in [0.05, 0.1) is 4.92 Å². The van der Waals surface area contributed by atoms with E-state index >= 15 is 0 Å². The largest absolute Gasteiger partial charge is 0.511 e. The van der Waals surface area contributed by atoms with Gasteiger partial charge in [0.2, 0.25) is 0 Å². The molecule has 1 N–H and O–H groups in total. The molecule has 7 nitrogen and oxygen atoms in total. The van der Waals surface area contributed by atoms with Gasteiger partial charge in [-0.25, -0.2) is 4.79 Å². The molecule has 0 aliphatic rings. The van der Waals surface area contributed by atoms with E-state index in [1.807, 2.05) is 6.92 Å². The second kappa shape index (κ2) is 7.31. The van der Waals surface area contributed by atoms with Gasteiger partial charge in [-0.2, -0.15) is 0 Å². The summed E-state index contributed by atoms with van der Waals surface area (Å²) < 4.78 is 10.9. The molecule has 1 atom stereocenters. The number of nitrogens with zero attached hydrogens (tertiary/aromatic N) is 1. The highest BCUT2D eigenvalue weighted by Gasteiger charge is 2.37. The third-order valence-electron chi connectivity index (χ3n) is 4.43. The first kappa shape index (κ1) is 20.1. The standard InChI is InChI=1S/C16H25NO6Si/c1-11(10-22-24(5,6)16(2,3)4)13-9-12(17(20)21)7-8-14(13)23-15(18)19/h7-9,11H,10H2,1-6H3,(H,18,19)/t11-/m1/s1. The Morgan fingerprint density at radius 3 is 2.42 bits per heavy atom. The van der Waals surface area contributed by atoms with Crippen LogP contribution in [0.25, 0.3) is 0 Å². The fourth-order valence-corrected chi connectivity index (χ4v) is 2.96. The van der Waals surface area contributed by atoms with Crippen LogP contribution in [0.3, 0.4) is 0 Å². The van der Waals surface area contributed by atoms with Crippen LogP contribution in [-0.4, -0.2) is 31.1 Å². The van der Waals surface area contributed by atoms with E-state index in [9.17, 15) is 14.9 Å². The quantitative estimate of drug-likeness (QED) is 0.259. The number of ether oxygens (including phenoxy) is 1. The first-order valence-corrected chi connectivity index (χ1v) is 10.6. The molecule has 8 heteroatoms. The lowest BCUT2D eigenvalue weighted by molar-refractivity contribution is -0.385. The molecule has 0 saturated heterocycles. The van der Waals surface area contributed by atoms with Crippen molar-refractivity contribution in [2.75, 3.05) is 6.61 Å². The summed E-state index contributed by atoms with van der Waals surface area (Å²) in [5, 5.41) is 19.9. The minimum atomic E-state index is -1.98. The fourth-order valence-electron chi connectivity index (χ4n) is 1.86. The fraction of sp³-hybridized carbons (Fsp3) is 0.562. The van der Waals surface area contributed by atoms with Gasteiger partial charge in [-0.05, 0) is 24.2 Å². The molecule has 0 saturated carbocycles. The van der Waals surface area contributed by atoms with Gasteiger partial charge in [0.15, 0.2) is 8.32 Å². The lowest BCUT2D eigenvalue weighted by Gasteiger charge is -2.37. The van der Waals surface area contributed by atoms with Crippen molar-refractivity contribution in [1.82, 2.24) is 0 Å². The normalized spacial score (nSPS) is 13.4. The number of non-ortho nitro benzene ring substituents is 1. The van der Waals surface area contributed by atoms with Gasteiger partial charge in [-0.1, -0.05) is 27.7 Å². The van der Waals surface area contributed by atoms with E-state index in [0.29, 0.717) is 12.2 Å². The molecule has 1 aromatic carbocycles. The third-order valence-corrected chi connectivity index (χ3v) is 8.93. The molecule has 0 spiro atoms. The minimum absolute atomic E-state index is 0.0375. The van der Waals surface area contributed by atoms with E-state index in [1.165, 1.54) is 18.2 Å². The van der Waals surface area contributed by atoms with Crippen LogP contribution in [0.4, 0.5) is 10.5 Å². The average Bonchev–Trinajstić information content (AvgIpc) is 2.43. The molecule has 0 fully saturated rings. The van der Waals surface area contributed by atoms with Gasteiger partial charge in [-0.15, -0.1) is 0 Å². The van der Waals surface area contributed by atoms with Crippen LogP contribution < -0.4 is 4.74 Å². The van der Waals surface area contributed by atoms with E-state index in [4.69, 9.17) is 14.3 Å². The topological polar surface area (TPSA) is 98.9 Å². The van der Waals surface area contributed by atoms with Crippen LogP contribution >= 0.6 is 0 Å². The van der Waals surface area contributed by atoms with Crippen molar-refractivity contribution in [2.24, 2.45) is 0 Å². The predicted octanol–water partition coefficient (Wildman–Crippen LogP) is 4.78. The predicted molar refractivity (Wildman–Crippen MR) is 93.3 cm³/mol. The molecule has 0 heterocycles. The Labute approximate surface area is 142 Å². The van der Waals surface area contributed by atoms with E-state index in [0.717, 1.165) is 0 Å². The molecule has 0 amide bonds. The number of benzene rings is 1. The second-order valence-corrected chi connectivity index (χ2v) is 12.1. The summed E-state index contributed by atoms with van der Waals surface area (Å²) >= 11 is 0. The molecular weight excluding hydrogens is 330 g/mol. The van der Waals surface area contributed by atoms with Crippen LogP contribution in [0.2, 0.25) is 18.1 Å². The molecule has 1 aromatic rings. The summed E-state index contributed by atoms with van der Waals surface area (Å²) in [7, 11) is -1.98. The van der Waals surface area contributed by atoms with Crippen LogP contribution in [0.5, 0.6) is 5.75 Å². The SMILES string of the molecule is C[C@H](CO[Si](C)(C)C(C)(C)C)c1cc([N+](=O)[O-])ccc1OC(=O)O. The molecular formula is C16H25NO6Si. The maximum absolute atomic E-state index is 11.0. The van der Waals surface area contributed by atoms with Crippen LogP contribution in [0, 0.1) is 10.1 Å². The van der Waals surface area contributed by atoms with Crippen molar-refractivity contribution in [3.05, 3.63) is 33.9 Å². The average molecular weight is 355 g/mol. The number of hydrogen-bond acceptors (Lipinski definition) is 5. The van der Waals surface area contributed by atoms with Gasteiger partial charge >= 0.3 is 6.16 Å². The van der Waals surface area contributed by atoms with E-state index in [2.05, 4.69) is 33.9 Å². The monoisotopic (exact) mass is 355 g/mol. The van der Waals surface area contributed by atoms with Crippen molar-refractivity contribution in [3.8, 4) is 5.75 Å². The number of rotatable bonds is 6. The maximum atomic E-state index is 11.0. The highest BCUT2D eigenvalue weighted by Crippen LogP contribution is 2.38. The summed E-state index contributed by atoms with van der Waals surface area (Å²) in [6.45, 7) is 12.8. The van der Waals surface area contributed by atoms with E-state index < -0.39 is 19.4 Å². The van der Waals surface area contributed by atoms with Crippen LogP contribution in [0.1, 0.15) is 39.2 Å². The Hall–Kier alpha value is -1.93. The van der Waals surface area contributed by atoms with Crippen LogP contribution in [0.15, 0.2) is 18.2 Å². The van der Waals surface area contributed by atoms with Gasteiger partial charge < -0.3 is 14.3 Å². The zero-order chi connectivity index (χ0) is 18.7. The summed E-state index contributed by atoms with van der Waals surface area (Å²) in [4.78, 5) is 21.3. The van der Waals surface area contributed by atoms with Gasteiger partial charge in [0.25, 0.3) is 5.69 Å². The summed E-state index contributed by atoms with van der Waals surface area (Å²) in [6.07, 6.45) is -1.46. The summed E-state index contributed by atoms with van der Waals surface area (Å²) in [5.74, 6) is -0.146. The summed E-state index contributed by atoms with van der Waals surface area (Å²) in [6, 6.07) is 3.88. The zero-order valence-electron chi connectivity index (χ0n) is 15.0. The molecule has 0 aliphatic heterocycles. The molecule has 0 aromatic heterocycles. The molecule has 0 aliphatic carbocycles. The Kier molecular flexibility index (Phi) is 6.13. The number of nitro benzene ring substituents is 1. The number of nitro groups is 1. The Morgan fingerprint density at radius 1 is 1.38 bits per heavy atom. The first-order chi connectivity index (χ1) is 10.8. The van der Waals surface area contributed by atoms with E-state index in [1.54, 1.807) is 0 Å². The Bertz CT molecular complexity index is 623. The summed E-state index contributed by atoms with van der Waals surface area (Å²) in [5.41, 5.74) is 0.340. The van der Waals surface area contributed by atoms with Crippen molar-refractivity contribution in [2.45, 2.75) is 51.7 Å². The minimum Gasteiger partial charge on any atom is -0.449 e. The lowest BCUT2D eigenvalue weighted by Crippen LogP contribution is -2.41. The highest BCUT2D eigenvalue weighted by molar-refractivity contribution is 6.74. The lowest BCUT2D eigenvalue weighted by atomic mass is 10.0. The van der Waals surface area contributed by atoms with Crippen LogP contribution in [-0.2, 0) is 4.43 Å². The van der Waals surface area contributed by atoms with Crippen molar-refractivity contribution >= 4 is 20.2 Å². The third kappa shape index (κ3) is 5.03. The first-order valence-electron chi connectivity index (χ1n) is 7.68. The Morgan fingerprint density at radius 2 is 1.96 bits per heavy atom. The van der Waals surface area contributed by atoms with Crippen molar-refractivity contribution in [1.29, 1.82) is 0 Å².